The van der Waals surface area contributed by atoms with Crippen LogP contribution in [0.25, 0.3) is 10.8 Å². The van der Waals surface area contributed by atoms with Crippen molar-refractivity contribution in [1.29, 1.82) is 0 Å². The van der Waals surface area contributed by atoms with Gasteiger partial charge in [0.05, 0.1) is 24.3 Å². The highest BCUT2D eigenvalue weighted by atomic mass is 16.5. The van der Waals surface area contributed by atoms with Gasteiger partial charge in [0, 0.05) is 18.7 Å². The molecule has 0 aliphatic rings. The van der Waals surface area contributed by atoms with Crippen molar-refractivity contribution < 1.29 is 34.1 Å². The quantitative estimate of drug-likeness (QED) is 0.182. The summed E-state index contributed by atoms with van der Waals surface area (Å²) in [6.07, 6.45) is 4.02. The molecule has 1 aromatic heterocycles. The van der Waals surface area contributed by atoms with E-state index in [0.29, 0.717) is 30.2 Å². The van der Waals surface area contributed by atoms with E-state index in [-0.39, 0.29) is 30.0 Å². The zero-order valence-electron chi connectivity index (χ0n) is 21.1. The first-order valence-corrected chi connectivity index (χ1v) is 12.5. The molecule has 0 aliphatic heterocycles. The zero-order valence-corrected chi connectivity index (χ0v) is 21.1. The Kier molecular flexibility index (Phi) is 9.07. The summed E-state index contributed by atoms with van der Waals surface area (Å²) in [6, 6.07) is 21.1. The Labute approximate surface area is 225 Å². The Bertz CT molecular complexity index is 1470. The number of carboxylic acids is 2. The van der Waals surface area contributed by atoms with E-state index in [2.05, 4.69) is 10.3 Å². The van der Waals surface area contributed by atoms with Crippen molar-refractivity contribution in [3.8, 4) is 17.4 Å². The third-order valence-corrected chi connectivity index (χ3v) is 5.90. The first-order chi connectivity index (χ1) is 18.9. The average molecular weight is 529 g/mol. The SMILES string of the molecule is O=C(O)CCCCCOc1ccc2cc(Oc3ccc(CC(=O)Nc4ccccc4C(=O)O)cn3)ccc2c1. The van der Waals surface area contributed by atoms with E-state index in [9.17, 15) is 19.5 Å². The van der Waals surface area contributed by atoms with Gasteiger partial charge in [-0.2, -0.15) is 0 Å². The lowest BCUT2D eigenvalue weighted by molar-refractivity contribution is -0.137. The lowest BCUT2D eigenvalue weighted by Crippen LogP contribution is -2.16. The van der Waals surface area contributed by atoms with Crippen LogP contribution in [0.2, 0.25) is 0 Å². The molecule has 4 aromatic rings. The van der Waals surface area contributed by atoms with E-state index in [0.717, 1.165) is 29.4 Å². The molecule has 39 heavy (non-hydrogen) atoms. The highest BCUT2D eigenvalue weighted by molar-refractivity contribution is 6.01. The Balaban J connectivity index is 1.29. The minimum absolute atomic E-state index is 0.0248. The molecule has 0 saturated carbocycles. The largest absolute Gasteiger partial charge is 0.494 e. The number of rotatable bonds is 13. The molecule has 0 unspecified atom stereocenters. The van der Waals surface area contributed by atoms with Crippen LogP contribution in [-0.2, 0) is 16.0 Å². The van der Waals surface area contributed by atoms with Gasteiger partial charge in [0.1, 0.15) is 11.5 Å². The van der Waals surface area contributed by atoms with Gasteiger partial charge in [-0.15, -0.1) is 0 Å². The molecule has 0 bridgehead atoms. The molecular weight excluding hydrogens is 500 g/mol. The fraction of sp³-hybridized carbons (Fsp3) is 0.200. The summed E-state index contributed by atoms with van der Waals surface area (Å²) >= 11 is 0. The number of carbonyl (C=O) groups is 3. The van der Waals surface area contributed by atoms with Crippen molar-refractivity contribution in [2.75, 3.05) is 11.9 Å². The fourth-order valence-electron chi connectivity index (χ4n) is 3.96. The van der Waals surface area contributed by atoms with Crippen molar-refractivity contribution in [3.05, 3.63) is 90.1 Å². The number of aromatic carboxylic acids is 1. The molecule has 0 saturated heterocycles. The number of nitrogens with zero attached hydrogens (tertiary/aromatic N) is 1. The molecule has 0 aliphatic carbocycles. The van der Waals surface area contributed by atoms with Gasteiger partial charge in [-0.05, 0) is 72.0 Å². The Morgan fingerprint density at radius 1 is 0.821 bits per heavy atom. The van der Waals surface area contributed by atoms with Gasteiger partial charge in [-0.25, -0.2) is 9.78 Å². The second-order valence-corrected chi connectivity index (χ2v) is 8.91. The molecule has 1 heterocycles. The summed E-state index contributed by atoms with van der Waals surface area (Å²) in [5.41, 5.74) is 0.920. The van der Waals surface area contributed by atoms with E-state index in [1.165, 1.54) is 6.07 Å². The maximum atomic E-state index is 12.4. The number of amides is 1. The number of hydrogen-bond acceptors (Lipinski definition) is 6. The number of carbonyl (C=O) groups excluding carboxylic acids is 1. The van der Waals surface area contributed by atoms with Crippen LogP contribution in [0.3, 0.4) is 0 Å². The monoisotopic (exact) mass is 528 g/mol. The van der Waals surface area contributed by atoms with Gasteiger partial charge in [0.15, 0.2) is 0 Å². The smallest absolute Gasteiger partial charge is 0.337 e. The second kappa shape index (κ2) is 13.0. The number of nitrogens with one attached hydrogen (secondary N) is 1. The number of anilines is 1. The lowest BCUT2D eigenvalue weighted by Gasteiger charge is -2.10. The molecule has 4 rings (SSSR count). The summed E-state index contributed by atoms with van der Waals surface area (Å²) < 4.78 is 11.7. The Morgan fingerprint density at radius 2 is 1.56 bits per heavy atom. The van der Waals surface area contributed by atoms with Gasteiger partial charge in [0.2, 0.25) is 11.8 Å². The topological polar surface area (TPSA) is 135 Å². The first-order valence-electron chi connectivity index (χ1n) is 12.5. The number of ether oxygens (including phenoxy) is 2. The van der Waals surface area contributed by atoms with Crippen LogP contribution in [0.5, 0.6) is 17.4 Å². The van der Waals surface area contributed by atoms with Crippen molar-refractivity contribution >= 4 is 34.3 Å². The maximum Gasteiger partial charge on any atom is 0.337 e. The number of aliphatic carboxylic acids is 1. The molecule has 0 spiro atoms. The maximum absolute atomic E-state index is 12.4. The normalized spacial score (nSPS) is 10.7. The summed E-state index contributed by atoms with van der Waals surface area (Å²) in [4.78, 5) is 38.6. The number of benzene rings is 3. The third-order valence-electron chi connectivity index (χ3n) is 5.90. The number of para-hydroxylation sites is 1. The number of unbranched alkanes of at least 4 members (excludes halogenated alkanes) is 2. The molecule has 3 N–H and O–H groups in total. The minimum Gasteiger partial charge on any atom is -0.494 e. The van der Waals surface area contributed by atoms with Crippen LogP contribution in [-0.4, -0.2) is 39.6 Å². The fourth-order valence-corrected chi connectivity index (χ4v) is 3.96. The molecule has 0 radical (unpaired) electrons. The molecule has 0 fully saturated rings. The van der Waals surface area contributed by atoms with Crippen LogP contribution in [0.15, 0.2) is 79.0 Å². The summed E-state index contributed by atoms with van der Waals surface area (Å²) in [6.45, 7) is 0.533. The van der Waals surface area contributed by atoms with Crippen LogP contribution in [0.1, 0.15) is 41.6 Å². The predicted octanol–water partition coefficient (Wildman–Crippen LogP) is 5.93. The molecule has 1 amide bonds. The molecule has 3 aromatic carbocycles. The van der Waals surface area contributed by atoms with Gasteiger partial charge in [0.25, 0.3) is 0 Å². The molecule has 200 valence electrons. The van der Waals surface area contributed by atoms with Gasteiger partial charge in [-0.1, -0.05) is 30.3 Å². The number of aromatic nitrogens is 1. The van der Waals surface area contributed by atoms with Crippen molar-refractivity contribution in [3.63, 3.8) is 0 Å². The van der Waals surface area contributed by atoms with E-state index in [4.69, 9.17) is 14.6 Å². The van der Waals surface area contributed by atoms with Crippen molar-refractivity contribution in [1.82, 2.24) is 4.98 Å². The van der Waals surface area contributed by atoms with Crippen LogP contribution < -0.4 is 14.8 Å². The second-order valence-electron chi connectivity index (χ2n) is 8.91. The standard InChI is InChI=1S/C30H28N2O7/c33-27(32-26-7-4-3-6-25(26)30(36)37)16-20-9-14-28(31-19-20)39-24-13-11-21-17-23(12-10-22(21)18-24)38-15-5-1-2-8-29(34)35/h3-4,6-7,9-14,17-19H,1-2,5,8,15-16H2,(H,32,33)(H,34,35)(H,36,37). The van der Waals surface area contributed by atoms with Crippen molar-refractivity contribution in [2.24, 2.45) is 0 Å². The van der Waals surface area contributed by atoms with Crippen LogP contribution >= 0.6 is 0 Å². The molecule has 9 heteroatoms. The van der Waals surface area contributed by atoms with E-state index in [1.807, 2.05) is 36.4 Å². The summed E-state index contributed by atoms with van der Waals surface area (Å²) in [5, 5.41) is 22.5. The van der Waals surface area contributed by atoms with Crippen LogP contribution in [0, 0.1) is 0 Å². The molecule has 9 nitrogen and oxygen atoms in total. The first kappa shape index (κ1) is 27.1. The van der Waals surface area contributed by atoms with Gasteiger partial charge < -0.3 is 25.0 Å². The Hall–Kier alpha value is -4.92. The highest BCUT2D eigenvalue weighted by Gasteiger charge is 2.12. The predicted molar refractivity (Wildman–Crippen MR) is 146 cm³/mol. The number of hydrogen-bond donors (Lipinski definition) is 3. The minimum atomic E-state index is -1.11. The van der Waals surface area contributed by atoms with E-state index < -0.39 is 11.9 Å². The Morgan fingerprint density at radius 3 is 2.28 bits per heavy atom. The molecule has 0 atom stereocenters. The van der Waals surface area contributed by atoms with Gasteiger partial charge in [-0.3, -0.25) is 9.59 Å². The summed E-state index contributed by atoms with van der Waals surface area (Å²) in [5.74, 6) is -0.504. The summed E-state index contributed by atoms with van der Waals surface area (Å²) in [7, 11) is 0. The highest BCUT2D eigenvalue weighted by Crippen LogP contribution is 2.27. The third kappa shape index (κ3) is 8.03. The van der Waals surface area contributed by atoms with E-state index >= 15 is 0 Å². The number of pyridine rings is 1. The van der Waals surface area contributed by atoms with Crippen LogP contribution in [0.4, 0.5) is 5.69 Å². The van der Waals surface area contributed by atoms with Gasteiger partial charge >= 0.3 is 11.9 Å². The van der Waals surface area contributed by atoms with Crippen molar-refractivity contribution in [2.45, 2.75) is 32.1 Å². The number of carboxylic acid groups (broad SMARTS) is 2. The van der Waals surface area contributed by atoms with E-state index in [1.54, 1.807) is 36.5 Å². The molecular formula is C30H28N2O7. The average Bonchev–Trinajstić information content (AvgIpc) is 2.91. The lowest BCUT2D eigenvalue weighted by atomic mass is 10.1. The zero-order chi connectivity index (χ0) is 27.6. The number of fused-ring (bicyclic) bond motifs is 1.